The molecule has 0 atom stereocenters. The Morgan fingerprint density at radius 1 is 1.10 bits per heavy atom. The largest absolute Gasteiger partial charge is 0.497 e. The third-order valence-corrected chi connectivity index (χ3v) is 6.80. The zero-order chi connectivity index (χ0) is 20.4. The Hall–Kier alpha value is -1.98. The van der Waals surface area contributed by atoms with E-state index < -0.39 is 0 Å². The van der Waals surface area contributed by atoms with Crippen LogP contribution in [0.2, 0.25) is 5.02 Å². The van der Waals surface area contributed by atoms with E-state index in [0.717, 1.165) is 51.9 Å². The molecule has 4 rings (SSSR count). The van der Waals surface area contributed by atoms with Crippen LogP contribution in [0.5, 0.6) is 5.75 Å². The van der Waals surface area contributed by atoms with Crippen LogP contribution in [0, 0.1) is 5.92 Å². The van der Waals surface area contributed by atoms with E-state index in [4.69, 9.17) is 26.3 Å². The molecule has 0 bridgehead atoms. The van der Waals surface area contributed by atoms with Gasteiger partial charge in [0.15, 0.2) is 11.0 Å². The predicted octanol–water partition coefficient (Wildman–Crippen LogP) is 6.57. The van der Waals surface area contributed by atoms with Gasteiger partial charge in [-0.15, -0.1) is 0 Å². The van der Waals surface area contributed by atoms with Crippen LogP contribution < -0.4 is 9.64 Å². The summed E-state index contributed by atoms with van der Waals surface area (Å²) in [6.07, 6.45) is 6.51. The molecule has 1 aliphatic heterocycles. The second-order valence-corrected chi connectivity index (χ2v) is 8.97. The lowest BCUT2D eigenvalue weighted by atomic mass is 9.75. The summed E-state index contributed by atoms with van der Waals surface area (Å²) in [6.45, 7) is 2.34. The molecule has 0 saturated heterocycles. The second kappa shape index (κ2) is 8.41. The molecule has 0 radical (unpaired) electrons. The minimum Gasteiger partial charge on any atom is -0.497 e. The molecule has 0 amide bonds. The Morgan fingerprint density at radius 2 is 1.76 bits per heavy atom. The summed E-state index contributed by atoms with van der Waals surface area (Å²) in [4.78, 5) is 12.4. The molecular weight excluding hydrogens is 402 g/mol. The van der Waals surface area contributed by atoms with Gasteiger partial charge in [0.25, 0.3) is 0 Å². The van der Waals surface area contributed by atoms with Crippen molar-refractivity contribution in [3.05, 3.63) is 53.6 Å². The van der Waals surface area contributed by atoms with Crippen molar-refractivity contribution in [1.29, 1.82) is 0 Å². The van der Waals surface area contributed by atoms with Gasteiger partial charge in [-0.3, -0.25) is 0 Å². The van der Waals surface area contributed by atoms with Gasteiger partial charge >= 0.3 is 0 Å². The van der Waals surface area contributed by atoms with Crippen molar-refractivity contribution >= 4 is 45.7 Å². The van der Waals surface area contributed by atoms with Crippen LogP contribution in [0.25, 0.3) is 0 Å². The maximum absolute atomic E-state index is 6.06. The van der Waals surface area contributed by atoms with E-state index in [1.54, 1.807) is 18.9 Å². The highest BCUT2D eigenvalue weighted by Gasteiger charge is 2.50. The minimum absolute atomic E-state index is 0.209. The van der Waals surface area contributed by atoms with Crippen LogP contribution in [0.4, 0.5) is 11.4 Å². The molecule has 29 heavy (non-hydrogen) atoms. The molecule has 0 unspecified atom stereocenters. The van der Waals surface area contributed by atoms with Crippen LogP contribution in [0.3, 0.4) is 0 Å². The highest BCUT2D eigenvalue weighted by atomic mass is 35.5. The predicted molar refractivity (Wildman–Crippen MR) is 125 cm³/mol. The first kappa shape index (κ1) is 20.3. The molecule has 1 fully saturated rings. The molecule has 2 aromatic rings. The number of benzene rings is 2. The molecule has 0 aromatic heterocycles. The van der Waals surface area contributed by atoms with Crippen LogP contribution in [-0.2, 0) is 0 Å². The summed E-state index contributed by atoms with van der Waals surface area (Å²) in [6, 6.07) is 15.9. The number of halogens is 1. The van der Waals surface area contributed by atoms with Crippen molar-refractivity contribution in [1.82, 2.24) is 0 Å². The lowest BCUT2D eigenvalue weighted by molar-refractivity contribution is 0.310. The lowest BCUT2D eigenvalue weighted by Crippen LogP contribution is -2.53. The van der Waals surface area contributed by atoms with Gasteiger partial charge in [-0.2, -0.15) is 0 Å². The van der Waals surface area contributed by atoms with Crippen molar-refractivity contribution in [3.63, 3.8) is 0 Å². The fraction of sp³-hybridized carbons (Fsp3) is 0.391. The first-order valence-electron chi connectivity index (χ1n) is 9.97. The maximum atomic E-state index is 6.06. The standard InChI is InChI=1S/C23H26ClN3OS/c1-16-12-14-23(15-13-16)21(25-18-6-4-17(24)5-7-18)26-22(29-3)27(23)19-8-10-20(28-2)11-9-19/h4-11,16H,12-15H2,1-3H3. The summed E-state index contributed by atoms with van der Waals surface area (Å²) < 4.78 is 5.36. The molecule has 1 heterocycles. The van der Waals surface area contributed by atoms with Gasteiger partial charge in [-0.25, -0.2) is 9.98 Å². The molecule has 2 aromatic carbocycles. The summed E-state index contributed by atoms with van der Waals surface area (Å²) >= 11 is 7.74. The first-order chi connectivity index (χ1) is 14.1. The van der Waals surface area contributed by atoms with Crippen molar-refractivity contribution in [2.45, 2.75) is 38.1 Å². The second-order valence-electron chi connectivity index (χ2n) is 7.76. The van der Waals surface area contributed by atoms with E-state index in [1.165, 1.54) is 12.8 Å². The molecule has 4 nitrogen and oxygen atoms in total. The van der Waals surface area contributed by atoms with Crippen molar-refractivity contribution < 1.29 is 4.74 Å². The van der Waals surface area contributed by atoms with Gasteiger partial charge in [0.1, 0.15) is 11.3 Å². The third-order valence-electron chi connectivity index (χ3n) is 5.91. The summed E-state index contributed by atoms with van der Waals surface area (Å²) in [5.74, 6) is 2.50. The zero-order valence-electron chi connectivity index (χ0n) is 17.1. The smallest absolute Gasteiger partial charge is 0.170 e. The van der Waals surface area contributed by atoms with E-state index in [2.05, 4.69) is 30.2 Å². The van der Waals surface area contributed by atoms with E-state index in [9.17, 15) is 0 Å². The minimum atomic E-state index is -0.209. The zero-order valence-corrected chi connectivity index (χ0v) is 18.6. The number of thioether (sulfide) groups is 1. The van der Waals surface area contributed by atoms with E-state index >= 15 is 0 Å². The molecule has 1 aliphatic carbocycles. The van der Waals surface area contributed by atoms with Gasteiger partial charge in [0, 0.05) is 10.7 Å². The highest BCUT2D eigenvalue weighted by molar-refractivity contribution is 8.13. The number of nitrogens with zero attached hydrogens (tertiary/aromatic N) is 3. The number of anilines is 1. The number of ether oxygens (including phenoxy) is 1. The van der Waals surface area contributed by atoms with Crippen LogP contribution in [0.15, 0.2) is 58.5 Å². The monoisotopic (exact) mass is 427 g/mol. The SMILES string of the molecule is COc1ccc(N2C(SC)=NC(=Nc3ccc(Cl)cc3)C23CCC(C)CC3)cc1. The van der Waals surface area contributed by atoms with Crippen molar-refractivity contribution in [2.24, 2.45) is 15.9 Å². The molecular formula is C23H26ClN3OS. The molecule has 0 N–H and O–H groups in total. The van der Waals surface area contributed by atoms with Crippen molar-refractivity contribution in [2.75, 3.05) is 18.3 Å². The fourth-order valence-corrected chi connectivity index (χ4v) is 4.97. The molecule has 1 spiro atoms. The Balaban J connectivity index is 1.80. The molecule has 2 aliphatic rings. The highest BCUT2D eigenvalue weighted by Crippen LogP contribution is 2.45. The van der Waals surface area contributed by atoms with Gasteiger partial charge in [0.2, 0.25) is 0 Å². The third kappa shape index (κ3) is 3.90. The fourth-order valence-electron chi connectivity index (χ4n) is 4.21. The number of methoxy groups -OCH3 is 1. The number of amidine groups is 2. The number of hydrogen-bond donors (Lipinski definition) is 0. The summed E-state index contributed by atoms with van der Waals surface area (Å²) in [7, 11) is 1.69. The Bertz CT molecular complexity index is 916. The lowest BCUT2D eigenvalue weighted by Gasteiger charge is -2.43. The van der Waals surface area contributed by atoms with Gasteiger partial charge in [-0.05, 0) is 86.4 Å². The molecule has 6 heteroatoms. The van der Waals surface area contributed by atoms with Crippen LogP contribution >= 0.6 is 23.4 Å². The average molecular weight is 428 g/mol. The van der Waals surface area contributed by atoms with Gasteiger partial charge < -0.3 is 9.64 Å². The van der Waals surface area contributed by atoms with Gasteiger partial charge in [-0.1, -0.05) is 30.3 Å². The molecule has 1 saturated carbocycles. The Kier molecular flexibility index (Phi) is 5.88. The average Bonchev–Trinajstić information content (AvgIpc) is 3.04. The number of hydrogen-bond acceptors (Lipinski definition) is 4. The van der Waals surface area contributed by atoms with Crippen molar-refractivity contribution in [3.8, 4) is 5.75 Å². The number of rotatable bonds is 3. The van der Waals surface area contributed by atoms with Crippen LogP contribution in [0.1, 0.15) is 32.6 Å². The van der Waals surface area contributed by atoms with E-state index in [-0.39, 0.29) is 5.54 Å². The number of aliphatic imine (C=N–C) groups is 2. The van der Waals surface area contributed by atoms with E-state index in [1.807, 2.05) is 36.4 Å². The van der Waals surface area contributed by atoms with Gasteiger partial charge in [0.05, 0.1) is 12.8 Å². The normalized spacial score (nSPS) is 25.5. The Morgan fingerprint density at radius 3 is 2.34 bits per heavy atom. The quantitative estimate of drug-likeness (QED) is 0.556. The maximum Gasteiger partial charge on any atom is 0.170 e. The summed E-state index contributed by atoms with van der Waals surface area (Å²) in [5, 5.41) is 1.71. The summed E-state index contributed by atoms with van der Waals surface area (Å²) in [5.41, 5.74) is 1.82. The topological polar surface area (TPSA) is 37.2 Å². The first-order valence-corrected chi connectivity index (χ1v) is 11.6. The van der Waals surface area contributed by atoms with Crippen LogP contribution in [-0.4, -0.2) is 29.9 Å². The van der Waals surface area contributed by atoms with E-state index in [0.29, 0.717) is 0 Å². The Labute approximate surface area is 182 Å². The molecule has 152 valence electrons.